The highest BCUT2D eigenvalue weighted by Gasteiger charge is 2.12. The number of nitrogens with two attached hydrogens (primary N) is 1. The first-order chi connectivity index (χ1) is 9.63. The van der Waals surface area contributed by atoms with Crippen molar-refractivity contribution in [2.24, 2.45) is 5.73 Å². The predicted molar refractivity (Wildman–Crippen MR) is 79.9 cm³/mol. The van der Waals surface area contributed by atoms with E-state index in [2.05, 4.69) is 0 Å². The van der Waals surface area contributed by atoms with E-state index in [1.54, 1.807) is 13.2 Å². The second-order valence-electron chi connectivity index (χ2n) is 4.66. The second-order valence-corrected chi connectivity index (χ2v) is 5.07. The van der Waals surface area contributed by atoms with E-state index in [4.69, 9.17) is 22.1 Å². The van der Waals surface area contributed by atoms with E-state index in [-0.39, 0.29) is 11.7 Å². The summed E-state index contributed by atoms with van der Waals surface area (Å²) in [6.45, 7) is 0.451. The summed E-state index contributed by atoms with van der Waals surface area (Å²) in [7, 11) is 1.58. The number of rotatable bonds is 5. The lowest BCUT2D eigenvalue weighted by Crippen LogP contribution is -2.15. The van der Waals surface area contributed by atoms with Gasteiger partial charge in [-0.1, -0.05) is 29.8 Å². The van der Waals surface area contributed by atoms with Gasteiger partial charge in [0.25, 0.3) is 0 Å². The van der Waals surface area contributed by atoms with Crippen molar-refractivity contribution in [2.75, 3.05) is 13.7 Å². The molecule has 0 aliphatic heterocycles. The van der Waals surface area contributed by atoms with Gasteiger partial charge in [-0.05, 0) is 48.4 Å². The lowest BCUT2D eigenvalue weighted by atomic mass is 9.92. The van der Waals surface area contributed by atoms with Gasteiger partial charge < -0.3 is 10.5 Å². The molecule has 4 heteroatoms. The molecule has 1 atom stereocenters. The van der Waals surface area contributed by atoms with Crippen molar-refractivity contribution in [1.29, 1.82) is 0 Å². The Morgan fingerprint density at radius 1 is 1.25 bits per heavy atom. The molecule has 0 heterocycles. The summed E-state index contributed by atoms with van der Waals surface area (Å²) in [5, 5.41) is 0.569. The fourth-order valence-corrected chi connectivity index (χ4v) is 2.50. The smallest absolute Gasteiger partial charge is 0.137 e. The summed E-state index contributed by atoms with van der Waals surface area (Å²) >= 11 is 6.11. The van der Waals surface area contributed by atoms with Crippen LogP contribution in [-0.2, 0) is 6.42 Å². The zero-order valence-electron chi connectivity index (χ0n) is 11.3. The number of methoxy groups -OCH3 is 1. The molecule has 0 aliphatic carbocycles. The Morgan fingerprint density at radius 2 is 2.05 bits per heavy atom. The average Bonchev–Trinajstić information content (AvgIpc) is 2.45. The highest BCUT2D eigenvalue weighted by atomic mass is 35.5. The van der Waals surface area contributed by atoms with Gasteiger partial charge in [-0.25, -0.2) is 4.39 Å². The lowest BCUT2D eigenvalue weighted by Gasteiger charge is -2.16. The fourth-order valence-electron chi connectivity index (χ4n) is 2.22. The number of ether oxygens (including phenoxy) is 1. The van der Waals surface area contributed by atoms with Crippen LogP contribution in [0.2, 0.25) is 5.02 Å². The van der Waals surface area contributed by atoms with Crippen LogP contribution in [0.5, 0.6) is 5.75 Å². The Balaban J connectivity index is 2.20. The van der Waals surface area contributed by atoms with Gasteiger partial charge in [0.05, 0.1) is 12.1 Å². The maximum Gasteiger partial charge on any atom is 0.137 e. The molecule has 0 fully saturated rings. The van der Waals surface area contributed by atoms with Gasteiger partial charge >= 0.3 is 0 Å². The van der Waals surface area contributed by atoms with Gasteiger partial charge in [0.2, 0.25) is 0 Å². The minimum Gasteiger partial charge on any atom is -0.495 e. The van der Waals surface area contributed by atoms with Gasteiger partial charge in [-0.2, -0.15) is 0 Å². The first-order valence-electron chi connectivity index (χ1n) is 6.42. The van der Waals surface area contributed by atoms with Crippen LogP contribution in [0.3, 0.4) is 0 Å². The average molecular weight is 294 g/mol. The molecule has 2 aromatic carbocycles. The van der Waals surface area contributed by atoms with Crippen molar-refractivity contribution in [1.82, 2.24) is 0 Å². The van der Waals surface area contributed by atoms with Crippen molar-refractivity contribution in [3.05, 3.63) is 64.4 Å². The summed E-state index contributed by atoms with van der Waals surface area (Å²) in [5.74, 6) is 0.467. The van der Waals surface area contributed by atoms with E-state index < -0.39 is 0 Å². The van der Waals surface area contributed by atoms with E-state index in [1.807, 2.05) is 24.3 Å². The highest BCUT2D eigenvalue weighted by Crippen LogP contribution is 2.28. The van der Waals surface area contributed by atoms with Crippen LogP contribution < -0.4 is 10.5 Å². The summed E-state index contributed by atoms with van der Waals surface area (Å²) in [6, 6.07) is 12.2. The molecule has 106 valence electrons. The molecule has 0 saturated heterocycles. The SMILES string of the molecule is COc1ccc(CC(CN)c2cccc(F)c2)cc1Cl. The molecule has 0 aromatic heterocycles. The molecular formula is C16H17ClFNO. The van der Waals surface area contributed by atoms with E-state index in [9.17, 15) is 4.39 Å². The van der Waals surface area contributed by atoms with Crippen LogP contribution in [-0.4, -0.2) is 13.7 Å². The Labute approximate surface area is 123 Å². The van der Waals surface area contributed by atoms with Crippen molar-refractivity contribution in [2.45, 2.75) is 12.3 Å². The lowest BCUT2D eigenvalue weighted by molar-refractivity contribution is 0.415. The van der Waals surface area contributed by atoms with E-state index in [1.165, 1.54) is 12.1 Å². The molecule has 2 aromatic rings. The molecule has 0 spiro atoms. The standard InChI is InChI=1S/C16H17ClFNO/c1-20-16-6-5-11(8-15(16)17)7-13(10-19)12-3-2-4-14(18)9-12/h2-6,8-9,13H,7,10,19H2,1H3. The Hall–Kier alpha value is -1.58. The third-order valence-corrected chi connectivity index (χ3v) is 3.60. The molecule has 0 amide bonds. The molecule has 0 bridgehead atoms. The number of hydrogen-bond donors (Lipinski definition) is 1. The van der Waals surface area contributed by atoms with Crippen LogP contribution in [0.1, 0.15) is 17.0 Å². The molecule has 0 saturated carbocycles. The minimum absolute atomic E-state index is 0.0650. The second kappa shape index (κ2) is 6.73. The number of benzene rings is 2. The largest absolute Gasteiger partial charge is 0.495 e. The van der Waals surface area contributed by atoms with Gasteiger partial charge in [-0.15, -0.1) is 0 Å². The van der Waals surface area contributed by atoms with Crippen molar-refractivity contribution >= 4 is 11.6 Å². The Bertz CT molecular complexity index is 588. The van der Waals surface area contributed by atoms with Crippen molar-refractivity contribution in [3.63, 3.8) is 0 Å². The van der Waals surface area contributed by atoms with Gasteiger partial charge in [0.15, 0.2) is 0 Å². The van der Waals surface area contributed by atoms with Gasteiger partial charge in [-0.3, -0.25) is 0 Å². The molecule has 20 heavy (non-hydrogen) atoms. The van der Waals surface area contributed by atoms with Crippen molar-refractivity contribution in [3.8, 4) is 5.75 Å². The molecular weight excluding hydrogens is 277 g/mol. The Morgan fingerprint density at radius 3 is 2.65 bits per heavy atom. The zero-order valence-corrected chi connectivity index (χ0v) is 12.0. The summed E-state index contributed by atoms with van der Waals surface area (Å²) in [6.07, 6.45) is 0.712. The summed E-state index contributed by atoms with van der Waals surface area (Å²) < 4.78 is 18.4. The molecule has 0 radical (unpaired) electrons. The predicted octanol–water partition coefficient (Wildman–Crippen LogP) is 3.77. The summed E-state index contributed by atoms with van der Waals surface area (Å²) in [5.41, 5.74) is 7.77. The first-order valence-corrected chi connectivity index (χ1v) is 6.79. The van der Waals surface area contributed by atoms with E-state index in [0.717, 1.165) is 11.1 Å². The fraction of sp³-hybridized carbons (Fsp3) is 0.250. The van der Waals surface area contributed by atoms with Crippen molar-refractivity contribution < 1.29 is 9.13 Å². The molecule has 2 N–H and O–H groups in total. The summed E-state index contributed by atoms with van der Waals surface area (Å²) in [4.78, 5) is 0. The van der Waals surface area contributed by atoms with Crippen LogP contribution in [0.4, 0.5) is 4.39 Å². The Kier molecular flexibility index (Phi) is 4.99. The normalized spacial score (nSPS) is 12.2. The first kappa shape index (κ1) is 14.8. The third kappa shape index (κ3) is 3.50. The molecule has 2 nitrogen and oxygen atoms in total. The van der Waals surface area contributed by atoms with E-state index >= 15 is 0 Å². The maximum absolute atomic E-state index is 13.3. The quantitative estimate of drug-likeness (QED) is 0.911. The number of hydrogen-bond acceptors (Lipinski definition) is 2. The monoisotopic (exact) mass is 293 g/mol. The van der Waals surface area contributed by atoms with Gasteiger partial charge in [0, 0.05) is 5.92 Å². The highest BCUT2D eigenvalue weighted by molar-refractivity contribution is 6.32. The molecule has 1 unspecified atom stereocenters. The zero-order chi connectivity index (χ0) is 14.5. The van der Waals surface area contributed by atoms with Crippen LogP contribution >= 0.6 is 11.6 Å². The molecule has 2 rings (SSSR count). The van der Waals surface area contributed by atoms with Crippen LogP contribution in [0.15, 0.2) is 42.5 Å². The van der Waals surface area contributed by atoms with Gasteiger partial charge in [0.1, 0.15) is 11.6 Å². The molecule has 0 aliphatic rings. The van der Waals surface area contributed by atoms with Crippen LogP contribution in [0.25, 0.3) is 0 Å². The maximum atomic E-state index is 13.3. The minimum atomic E-state index is -0.242. The van der Waals surface area contributed by atoms with E-state index in [0.29, 0.717) is 23.7 Å². The topological polar surface area (TPSA) is 35.2 Å². The third-order valence-electron chi connectivity index (χ3n) is 3.30. The van der Waals surface area contributed by atoms with Crippen LogP contribution in [0, 0.1) is 5.82 Å². The number of halogens is 2.